The van der Waals surface area contributed by atoms with Gasteiger partial charge in [-0.1, -0.05) is 11.6 Å². The van der Waals surface area contributed by atoms with E-state index in [0.717, 1.165) is 18.4 Å². The molecule has 1 atom stereocenters. The van der Waals surface area contributed by atoms with Gasteiger partial charge in [-0.25, -0.2) is 18.7 Å². The minimum atomic E-state index is -2.67. The van der Waals surface area contributed by atoms with Crippen LogP contribution in [0.3, 0.4) is 0 Å². The molecule has 20 heavy (non-hydrogen) atoms. The molecule has 3 heterocycles. The lowest BCUT2D eigenvalue weighted by Gasteiger charge is -2.25. The molecular formula is C13H14ClF2N3O. The molecule has 7 heteroatoms. The molecule has 3 rings (SSSR count). The summed E-state index contributed by atoms with van der Waals surface area (Å²) in [7, 11) is 0. The Hall–Kier alpha value is -1.27. The maximum atomic E-state index is 13.3. The molecule has 1 fully saturated rings. The van der Waals surface area contributed by atoms with Crippen molar-refractivity contribution in [2.24, 2.45) is 0 Å². The van der Waals surface area contributed by atoms with Crippen molar-refractivity contribution >= 4 is 22.8 Å². The maximum Gasteiger partial charge on any atom is 0.295 e. The van der Waals surface area contributed by atoms with E-state index in [9.17, 15) is 8.78 Å². The van der Waals surface area contributed by atoms with Gasteiger partial charge >= 0.3 is 0 Å². The molecule has 2 aromatic heterocycles. The summed E-state index contributed by atoms with van der Waals surface area (Å²) < 4.78 is 33.5. The molecule has 0 saturated carbocycles. The van der Waals surface area contributed by atoms with Crippen molar-refractivity contribution in [1.29, 1.82) is 0 Å². The Bertz CT molecular complexity index is 638. The van der Waals surface area contributed by atoms with Gasteiger partial charge in [-0.05, 0) is 37.8 Å². The first-order chi connectivity index (χ1) is 9.58. The van der Waals surface area contributed by atoms with E-state index in [2.05, 4.69) is 9.97 Å². The molecule has 4 nitrogen and oxygen atoms in total. The van der Waals surface area contributed by atoms with E-state index in [0.29, 0.717) is 24.2 Å². The van der Waals surface area contributed by atoms with E-state index in [1.54, 1.807) is 13.0 Å². The van der Waals surface area contributed by atoms with Gasteiger partial charge in [-0.3, -0.25) is 4.57 Å². The van der Waals surface area contributed by atoms with Crippen molar-refractivity contribution in [3.05, 3.63) is 22.6 Å². The standard InChI is InChI=1S/C13H14ClF2N3O/c1-7-6-8(14)17-12-10(7)18-13(11(15)16)19(12)9-4-2-3-5-20-9/h6,9,11H,2-5H2,1H3. The van der Waals surface area contributed by atoms with Crippen LogP contribution in [0, 0.1) is 6.92 Å². The van der Waals surface area contributed by atoms with Gasteiger partial charge in [-0.15, -0.1) is 0 Å². The van der Waals surface area contributed by atoms with Gasteiger partial charge in [0.25, 0.3) is 6.43 Å². The van der Waals surface area contributed by atoms with Gasteiger partial charge < -0.3 is 4.74 Å². The fourth-order valence-electron chi connectivity index (χ4n) is 2.56. The first-order valence-electron chi connectivity index (χ1n) is 6.52. The number of pyridine rings is 1. The zero-order valence-corrected chi connectivity index (χ0v) is 11.7. The van der Waals surface area contributed by atoms with E-state index in [1.165, 1.54) is 4.57 Å². The molecule has 0 aromatic carbocycles. The zero-order valence-electron chi connectivity index (χ0n) is 10.9. The summed E-state index contributed by atoms with van der Waals surface area (Å²) in [6.45, 7) is 2.34. The number of imidazole rings is 1. The molecule has 2 aromatic rings. The van der Waals surface area contributed by atoms with Crippen molar-refractivity contribution in [3.8, 4) is 0 Å². The van der Waals surface area contributed by atoms with Gasteiger partial charge in [0.1, 0.15) is 16.9 Å². The summed E-state index contributed by atoms with van der Waals surface area (Å²) in [5.74, 6) is -0.301. The molecule has 0 N–H and O–H groups in total. The summed E-state index contributed by atoms with van der Waals surface area (Å²) in [5, 5.41) is 0.271. The van der Waals surface area contributed by atoms with Crippen LogP contribution in [-0.4, -0.2) is 21.1 Å². The fraction of sp³-hybridized carbons (Fsp3) is 0.538. The zero-order chi connectivity index (χ0) is 14.3. The molecule has 0 spiro atoms. The molecule has 0 bridgehead atoms. The van der Waals surface area contributed by atoms with Crippen molar-refractivity contribution in [2.45, 2.75) is 38.8 Å². The van der Waals surface area contributed by atoms with Crippen LogP contribution in [0.4, 0.5) is 8.78 Å². The second-order valence-electron chi connectivity index (χ2n) is 4.90. The highest BCUT2D eigenvalue weighted by atomic mass is 35.5. The number of hydrogen-bond acceptors (Lipinski definition) is 3. The number of nitrogens with zero attached hydrogens (tertiary/aromatic N) is 3. The van der Waals surface area contributed by atoms with Crippen LogP contribution in [0.15, 0.2) is 6.07 Å². The van der Waals surface area contributed by atoms with Gasteiger partial charge in [0.15, 0.2) is 11.5 Å². The highest BCUT2D eigenvalue weighted by Gasteiger charge is 2.27. The summed E-state index contributed by atoms with van der Waals surface area (Å²) in [5.41, 5.74) is 1.56. The van der Waals surface area contributed by atoms with Crippen LogP contribution in [0.2, 0.25) is 5.15 Å². The second kappa shape index (κ2) is 5.26. The highest BCUT2D eigenvalue weighted by Crippen LogP contribution is 2.33. The Kier molecular flexibility index (Phi) is 3.60. The number of fused-ring (bicyclic) bond motifs is 1. The lowest BCUT2D eigenvalue weighted by molar-refractivity contribution is -0.0363. The predicted molar refractivity (Wildman–Crippen MR) is 71.1 cm³/mol. The average molecular weight is 302 g/mol. The molecular weight excluding hydrogens is 288 g/mol. The maximum absolute atomic E-state index is 13.3. The Morgan fingerprint density at radius 1 is 1.40 bits per heavy atom. The van der Waals surface area contributed by atoms with Crippen LogP contribution in [0.1, 0.15) is 43.3 Å². The number of ether oxygens (including phenoxy) is 1. The average Bonchev–Trinajstić information content (AvgIpc) is 2.79. The number of aryl methyl sites for hydroxylation is 1. The molecule has 0 amide bonds. The van der Waals surface area contributed by atoms with E-state index in [-0.39, 0.29) is 11.0 Å². The van der Waals surface area contributed by atoms with Crippen LogP contribution >= 0.6 is 11.6 Å². The third kappa shape index (κ3) is 2.27. The number of halogens is 3. The van der Waals surface area contributed by atoms with Crippen molar-refractivity contribution in [1.82, 2.24) is 14.5 Å². The van der Waals surface area contributed by atoms with Crippen molar-refractivity contribution in [3.63, 3.8) is 0 Å². The first kappa shape index (κ1) is 13.7. The number of alkyl halides is 2. The fourth-order valence-corrected chi connectivity index (χ4v) is 2.80. The predicted octanol–water partition coefficient (Wildman–Crippen LogP) is 4.03. The molecule has 0 radical (unpaired) electrons. The number of hydrogen-bond donors (Lipinski definition) is 0. The quantitative estimate of drug-likeness (QED) is 0.786. The monoisotopic (exact) mass is 301 g/mol. The third-order valence-electron chi connectivity index (χ3n) is 3.47. The van der Waals surface area contributed by atoms with E-state index < -0.39 is 12.7 Å². The third-order valence-corrected chi connectivity index (χ3v) is 3.67. The smallest absolute Gasteiger partial charge is 0.295 e. The first-order valence-corrected chi connectivity index (χ1v) is 6.90. The summed E-state index contributed by atoms with van der Waals surface area (Å²) >= 11 is 5.94. The Morgan fingerprint density at radius 3 is 2.85 bits per heavy atom. The van der Waals surface area contributed by atoms with E-state index in [1.807, 2.05) is 0 Å². The highest BCUT2D eigenvalue weighted by molar-refractivity contribution is 6.29. The van der Waals surface area contributed by atoms with Crippen LogP contribution in [-0.2, 0) is 4.74 Å². The molecule has 1 saturated heterocycles. The minimum Gasteiger partial charge on any atom is -0.358 e. The van der Waals surface area contributed by atoms with Crippen molar-refractivity contribution < 1.29 is 13.5 Å². The molecule has 1 aliphatic heterocycles. The number of rotatable bonds is 2. The van der Waals surface area contributed by atoms with Crippen molar-refractivity contribution in [2.75, 3.05) is 6.61 Å². The van der Waals surface area contributed by atoms with E-state index >= 15 is 0 Å². The Morgan fingerprint density at radius 2 is 2.20 bits per heavy atom. The van der Waals surface area contributed by atoms with Gasteiger partial charge in [0, 0.05) is 6.61 Å². The normalized spacial score (nSPS) is 19.9. The SMILES string of the molecule is Cc1cc(Cl)nc2c1nc(C(F)F)n2C1CCCCO1. The topological polar surface area (TPSA) is 39.9 Å². The van der Waals surface area contributed by atoms with E-state index in [4.69, 9.17) is 16.3 Å². The Labute approximate surface area is 119 Å². The van der Waals surface area contributed by atoms with Gasteiger partial charge in [0.2, 0.25) is 0 Å². The second-order valence-corrected chi connectivity index (χ2v) is 5.28. The summed E-state index contributed by atoms with van der Waals surface area (Å²) in [6, 6.07) is 1.62. The van der Waals surface area contributed by atoms with Gasteiger partial charge in [-0.2, -0.15) is 0 Å². The molecule has 1 aliphatic rings. The van der Waals surface area contributed by atoms with Gasteiger partial charge in [0.05, 0.1) is 0 Å². The lowest BCUT2D eigenvalue weighted by atomic mass is 10.2. The number of aromatic nitrogens is 3. The minimum absolute atomic E-state index is 0.271. The molecule has 1 unspecified atom stereocenters. The largest absolute Gasteiger partial charge is 0.358 e. The van der Waals surface area contributed by atoms with Crippen LogP contribution in [0.5, 0.6) is 0 Å². The lowest BCUT2D eigenvalue weighted by Crippen LogP contribution is -2.20. The molecule has 108 valence electrons. The summed E-state index contributed by atoms with van der Waals surface area (Å²) in [4.78, 5) is 8.21. The Balaban J connectivity index is 2.22. The summed E-state index contributed by atoms with van der Waals surface area (Å²) in [6.07, 6.45) is -0.554. The molecule has 0 aliphatic carbocycles. The van der Waals surface area contributed by atoms with Crippen LogP contribution < -0.4 is 0 Å². The van der Waals surface area contributed by atoms with Crippen LogP contribution in [0.25, 0.3) is 11.2 Å².